The third-order valence-corrected chi connectivity index (χ3v) is 2.62. The van der Waals surface area contributed by atoms with Crippen LogP contribution >= 0.6 is 0 Å². The lowest BCUT2D eigenvalue weighted by Gasteiger charge is -2.30. The normalized spacial score (nSPS) is 15.8. The largest absolute Gasteiger partial charge is 0.482 e. The lowest BCUT2D eigenvalue weighted by Crippen LogP contribution is -2.48. The maximum atomic E-state index is 11.7. The molecule has 0 aliphatic carbocycles. The standard InChI is InChI=1S/C11H13N3O4/c12-6-1-2-9-8(3-6)14(10(15)5-18-9)4-7(13)11(16)17/h1-3,7H,4-5,12-13H2,(H,16,17). The second kappa shape index (κ2) is 4.53. The van der Waals surface area contributed by atoms with Gasteiger partial charge >= 0.3 is 5.97 Å². The predicted octanol–water partition coefficient (Wildman–Crippen LogP) is -0.594. The number of aliphatic carboxylic acids is 1. The van der Waals surface area contributed by atoms with E-state index in [2.05, 4.69) is 0 Å². The molecule has 1 aromatic rings. The number of nitrogens with zero attached hydrogens (tertiary/aromatic N) is 1. The molecule has 0 spiro atoms. The van der Waals surface area contributed by atoms with Gasteiger partial charge in [0.15, 0.2) is 6.61 Å². The molecule has 0 bridgehead atoms. The van der Waals surface area contributed by atoms with Gasteiger partial charge < -0.3 is 26.2 Å². The number of carboxylic acid groups (broad SMARTS) is 1. The maximum Gasteiger partial charge on any atom is 0.322 e. The summed E-state index contributed by atoms with van der Waals surface area (Å²) < 4.78 is 5.23. The summed E-state index contributed by atoms with van der Waals surface area (Å²) in [7, 11) is 0. The van der Waals surface area contributed by atoms with E-state index in [0.717, 1.165) is 0 Å². The number of ether oxygens (including phenoxy) is 1. The zero-order valence-electron chi connectivity index (χ0n) is 9.50. The lowest BCUT2D eigenvalue weighted by atomic mass is 10.2. The summed E-state index contributed by atoms with van der Waals surface area (Å²) in [5.41, 5.74) is 12.0. The number of carboxylic acids is 1. The van der Waals surface area contributed by atoms with Crippen LogP contribution in [-0.4, -0.2) is 36.2 Å². The van der Waals surface area contributed by atoms with E-state index in [1.54, 1.807) is 18.2 Å². The van der Waals surface area contributed by atoms with Crippen molar-refractivity contribution in [2.24, 2.45) is 5.73 Å². The molecule has 1 atom stereocenters. The van der Waals surface area contributed by atoms with Crippen molar-refractivity contribution >= 4 is 23.3 Å². The molecule has 0 aromatic heterocycles. The second-order valence-electron chi connectivity index (χ2n) is 3.96. The van der Waals surface area contributed by atoms with E-state index in [9.17, 15) is 9.59 Å². The molecule has 0 fully saturated rings. The number of hydrogen-bond acceptors (Lipinski definition) is 5. The van der Waals surface area contributed by atoms with Gasteiger partial charge in [0, 0.05) is 5.69 Å². The molecule has 1 unspecified atom stereocenters. The number of nitrogens with two attached hydrogens (primary N) is 2. The molecule has 5 N–H and O–H groups in total. The van der Waals surface area contributed by atoms with Gasteiger partial charge in [0.2, 0.25) is 0 Å². The van der Waals surface area contributed by atoms with Crippen molar-refractivity contribution in [3.63, 3.8) is 0 Å². The molecular formula is C11H13N3O4. The Balaban J connectivity index is 2.32. The average molecular weight is 251 g/mol. The van der Waals surface area contributed by atoms with Gasteiger partial charge in [-0.3, -0.25) is 9.59 Å². The Morgan fingerprint density at radius 1 is 1.56 bits per heavy atom. The number of nitrogen functional groups attached to an aromatic ring is 1. The number of hydrogen-bond donors (Lipinski definition) is 3. The molecule has 1 aliphatic rings. The van der Waals surface area contributed by atoms with Crippen LogP contribution in [0.25, 0.3) is 0 Å². The first-order valence-corrected chi connectivity index (χ1v) is 5.30. The van der Waals surface area contributed by atoms with Crippen molar-refractivity contribution in [3.8, 4) is 5.75 Å². The van der Waals surface area contributed by atoms with E-state index >= 15 is 0 Å². The number of amides is 1. The van der Waals surface area contributed by atoms with E-state index in [1.807, 2.05) is 0 Å². The number of carbonyl (C=O) groups is 2. The SMILES string of the molecule is Nc1ccc2c(c1)N(CC(N)C(=O)O)C(=O)CO2. The summed E-state index contributed by atoms with van der Waals surface area (Å²) in [4.78, 5) is 23.8. The summed E-state index contributed by atoms with van der Waals surface area (Å²) >= 11 is 0. The molecule has 0 radical (unpaired) electrons. The highest BCUT2D eigenvalue weighted by Gasteiger charge is 2.28. The highest BCUT2D eigenvalue weighted by Crippen LogP contribution is 2.33. The Morgan fingerprint density at radius 3 is 2.94 bits per heavy atom. The van der Waals surface area contributed by atoms with Crippen LogP contribution in [0, 0.1) is 0 Å². The second-order valence-corrected chi connectivity index (χ2v) is 3.96. The zero-order chi connectivity index (χ0) is 13.3. The van der Waals surface area contributed by atoms with Crippen LogP contribution in [0.3, 0.4) is 0 Å². The zero-order valence-corrected chi connectivity index (χ0v) is 9.50. The van der Waals surface area contributed by atoms with Gasteiger partial charge in [-0.1, -0.05) is 0 Å². The Morgan fingerprint density at radius 2 is 2.28 bits per heavy atom. The van der Waals surface area contributed by atoms with Gasteiger partial charge in [0.25, 0.3) is 5.91 Å². The first-order valence-electron chi connectivity index (χ1n) is 5.30. The molecule has 0 saturated carbocycles. The summed E-state index contributed by atoms with van der Waals surface area (Å²) in [6, 6.07) is 3.68. The minimum atomic E-state index is -1.17. The molecule has 18 heavy (non-hydrogen) atoms. The van der Waals surface area contributed by atoms with Crippen molar-refractivity contribution in [1.29, 1.82) is 0 Å². The van der Waals surface area contributed by atoms with E-state index in [4.69, 9.17) is 21.3 Å². The average Bonchev–Trinajstić information content (AvgIpc) is 2.32. The minimum Gasteiger partial charge on any atom is -0.482 e. The fourth-order valence-corrected chi connectivity index (χ4v) is 1.69. The molecular weight excluding hydrogens is 238 g/mol. The fraction of sp³-hybridized carbons (Fsp3) is 0.273. The van der Waals surface area contributed by atoms with Crippen LogP contribution in [-0.2, 0) is 9.59 Å². The van der Waals surface area contributed by atoms with Crippen LogP contribution in [0.2, 0.25) is 0 Å². The summed E-state index contributed by atoms with van der Waals surface area (Å²) in [5.74, 6) is -1.02. The molecule has 7 heteroatoms. The molecule has 1 amide bonds. The van der Waals surface area contributed by atoms with Crippen LogP contribution in [0.4, 0.5) is 11.4 Å². The molecule has 0 saturated heterocycles. The number of anilines is 2. The maximum absolute atomic E-state index is 11.7. The fourth-order valence-electron chi connectivity index (χ4n) is 1.69. The first kappa shape index (κ1) is 12.2. The van der Waals surface area contributed by atoms with Crippen LogP contribution in [0.5, 0.6) is 5.75 Å². The lowest BCUT2D eigenvalue weighted by molar-refractivity contribution is -0.138. The van der Waals surface area contributed by atoms with Crippen LogP contribution < -0.4 is 21.1 Å². The van der Waals surface area contributed by atoms with Gasteiger partial charge in [-0.2, -0.15) is 0 Å². The van der Waals surface area contributed by atoms with E-state index in [1.165, 1.54) is 4.90 Å². The third kappa shape index (κ3) is 2.21. The van der Waals surface area contributed by atoms with Crippen molar-refractivity contribution < 1.29 is 19.4 Å². The summed E-state index contributed by atoms with van der Waals surface area (Å²) in [5, 5.41) is 8.78. The predicted molar refractivity (Wildman–Crippen MR) is 64.3 cm³/mol. The summed E-state index contributed by atoms with van der Waals surface area (Å²) in [6.07, 6.45) is 0. The molecule has 1 heterocycles. The third-order valence-electron chi connectivity index (χ3n) is 2.62. The van der Waals surface area contributed by atoms with E-state index in [0.29, 0.717) is 17.1 Å². The van der Waals surface area contributed by atoms with Gasteiger partial charge in [-0.25, -0.2) is 0 Å². The number of carbonyl (C=O) groups excluding carboxylic acids is 1. The minimum absolute atomic E-state index is 0.117. The molecule has 96 valence electrons. The monoisotopic (exact) mass is 251 g/mol. The van der Waals surface area contributed by atoms with Gasteiger partial charge in [-0.15, -0.1) is 0 Å². The van der Waals surface area contributed by atoms with Gasteiger partial charge in [0.1, 0.15) is 11.8 Å². The van der Waals surface area contributed by atoms with Crippen LogP contribution in [0.1, 0.15) is 0 Å². The number of rotatable bonds is 3. The van der Waals surface area contributed by atoms with Gasteiger partial charge in [0.05, 0.1) is 12.2 Å². The molecule has 1 aliphatic heterocycles. The van der Waals surface area contributed by atoms with Crippen molar-refractivity contribution in [2.45, 2.75) is 6.04 Å². The van der Waals surface area contributed by atoms with E-state index < -0.39 is 12.0 Å². The van der Waals surface area contributed by atoms with Crippen molar-refractivity contribution in [1.82, 2.24) is 0 Å². The molecule has 2 rings (SSSR count). The van der Waals surface area contributed by atoms with Crippen molar-refractivity contribution in [2.75, 3.05) is 23.8 Å². The Kier molecular flexibility index (Phi) is 3.07. The molecule has 7 nitrogen and oxygen atoms in total. The highest BCUT2D eigenvalue weighted by atomic mass is 16.5. The Bertz CT molecular complexity index is 503. The molecule has 1 aromatic carbocycles. The number of fused-ring (bicyclic) bond motifs is 1. The first-order chi connectivity index (χ1) is 8.49. The Hall–Kier alpha value is -2.28. The topological polar surface area (TPSA) is 119 Å². The van der Waals surface area contributed by atoms with Gasteiger partial charge in [-0.05, 0) is 18.2 Å². The van der Waals surface area contributed by atoms with Crippen molar-refractivity contribution in [3.05, 3.63) is 18.2 Å². The highest BCUT2D eigenvalue weighted by molar-refractivity contribution is 5.99. The Labute approximate surface area is 103 Å². The summed E-state index contributed by atoms with van der Waals surface area (Å²) in [6.45, 7) is -0.253. The smallest absolute Gasteiger partial charge is 0.322 e. The van der Waals surface area contributed by atoms with Crippen LogP contribution in [0.15, 0.2) is 18.2 Å². The number of benzene rings is 1. The quantitative estimate of drug-likeness (QED) is 0.617. The van der Waals surface area contributed by atoms with E-state index in [-0.39, 0.29) is 19.1 Å².